The third kappa shape index (κ3) is 3.48. The molecule has 0 spiro atoms. The number of esters is 1. The second-order valence-electron chi connectivity index (χ2n) is 5.38. The van der Waals surface area contributed by atoms with Crippen LogP contribution in [0.5, 0.6) is 0 Å². The van der Waals surface area contributed by atoms with Gasteiger partial charge in [0, 0.05) is 11.6 Å². The van der Waals surface area contributed by atoms with E-state index < -0.39 is 5.97 Å². The third-order valence-electron chi connectivity index (χ3n) is 3.39. The molecule has 3 rings (SSSR count). The zero-order valence-electron chi connectivity index (χ0n) is 12.5. The molecule has 0 unspecified atom stereocenters. The average Bonchev–Trinajstić information content (AvgIpc) is 3.03. The van der Waals surface area contributed by atoms with Gasteiger partial charge in [0.2, 0.25) is 5.90 Å². The molecule has 118 valence electrons. The van der Waals surface area contributed by atoms with Crippen molar-refractivity contribution in [2.75, 3.05) is 0 Å². The maximum Gasteiger partial charge on any atom is 0.363 e. The van der Waals surface area contributed by atoms with Crippen molar-refractivity contribution in [1.29, 1.82) is 0 Å². The summed E-state index contributed by atoms with van der Waals surface area (Å²) in [6.07, 6.45) is 1.55. The van der Waals surface area contributed by atoms with Crippen LogP contribution in [0.25, 0.3) is 6.08 Å². The van der Waals surface area contributed by atoms with Crippen molar-refractivity contribution in [3.63, 3.8) is 0 Å². The number of aliphatic imine (C=N–C) groups is 1. The maximum absolute atomic E-state index is 12.0. The van der Waals surface area contributed by atoms with Gasteiger partial charge in [0.05, 0.1) is 4.47 Å². The van der Waals surface area contributed by atoms with Crippen molar-refractivity contribution in [3.8, 4) is 0 Å². The number of carbonyl (C=O) groups excluding carboxylic acids is 1. The van der Waals surface area contributed by atoms with Gasteiger partial charge in [-0.2, -0.15) is 0 Å². The first-order chi connectivity index (χ1) is 10.9. The second kappa shape index (κ2) is 6.45. The number of furan rings is 1. The Morgan fingerprint density at radius 1 is 1.17 bits per heavy atom. The van der Waals surface area contributed by atoms with Crippen LogP contribution >= 0.6 is 31.9 Å². The first-order valence-electron chi connectivity index (χ1n) is 7.02. The van der Waals surface area contributed by atoms with Gasteiger partial charge in [0.15, 0.2) is 10.4 Å². The van der Waals surface area contributed by atoms with Crippen molar-refractivity contribution in [3.05, 3.63) is 62.1 Å². The Morgan fingerprint density at radius 3 is 2.43 bits per heavy atom. The number of benzene rings is 1. The minimum atomic E-state index is -0.489. The number of hydrogen-bond donors (Lipinski definition) is 0. The van der Waals surface area contributed by atoms with Gasteiger partial charge in [-0.15, -0.1) is 0 Å². The van der Waals surface area contributed by atoms with Crippen LogP contribution in [0, 0.1) is 0 Å². The minimum absolute atomic E-state index is 0.210. The largest absolute Gasteiger partial charge is 0.449 e. The SMILES string of the molecule is CC(C)c1ccc(C2=N/C(=C\c3cc(Br)c(Br)o3)C(=O)O2)cc1. The fourth-order valence-electron chi connectivity index (χ4n) is 2.11. The highest BCUT2D eigenvalue weighted by atomic mass is 79.9. The molecule has 2 aromatic rings. The van der Waals surface area contributed by atoms with E-state index in [1.54, 1.807) is 12.1 Å². The number of halogens is 2. The maximum atomic E-state index is 12.0. The summed E-state index contributed by atoms with van der Waals surface area (Å²) in [4.78, 5) is 16.2. The Labute approximate surface area is 150 Å². The van der Waals surface area contributed by atoms with Crippen molar-refractivity contribution in [1.82, 2.24) is 0 Å². The zero-order chi connectivity index (χ0) is 16.6. The van der Waals surface area contributed by atoms with Crippen LogP contribution in [0.15, 0.2) is 54.6 Å². The molecule has 6 heteroatoms. The molecule has 23 heavy (non-hydrogen) atoms. The summed E-state index contributed by atoms with van der Waals surface area (Å²) < 4.78 is 12.0. The third-order valence-corrected chi connectivity index (χ3v) is 5.10. The van der Waals surface area contributed by atoms with E-state index in [0.29, 0.717) is 22.2 Å². The molecule has 0 bridgehead atoms. The molecule has 0 N–H and O–H groups in total. The van der Waals surface area contributed by atoms with Gasteiger partial charge in [-0.1, -0.05) is 26.0 Å². The molecule has 1 aromatic heterocycles. The highest BCUT2D eigenvalue weighted by molar-refractivity contribution is 9.13. The van der Waals surface area contributed by atoms with Gasteiger partial charge in [0.1, 0.15) is 5.76 Å². The van der Waals surface area contributed by atoms with Gasteiger partial charge in [-0.25, -0.2) is 9.79 Å². The molecule has 0 amide bonds. The molecule has 0 atom stereocenters. The number of cyclic esters (lactones) is 1. The van der Waals surface area contributed by atoms with Crippen LogP contribution in [0.3, 0.4) is 0 Å². The number of rotatable bonds is 3. The van der Waals surface area contributed by atoms with E-state index in [9.17, 15) is 4.79 Å². The molecule has 1 aromatic carbocycles. The first kappa shape index (κ1) is 16.2. The van der Waals surface area contributed by atoms with Gasteiger partial charge < -0.3 is 9.15 Å². The molecular weight excluding hydrogens is 426 g/mol. The summed E-state index contributed by atoms with van der Waals surface area (Å²) in [6.45, 7) is 4.26. The quantitative estimate of drug-likeness (QED) is 0.484. The molecule has 0 radical (unpaired) electrons. The smallest absolute Gasteiger partial charge is 0.363 e. The highest BCUT2D eigenvalue weighted by Gasteiger charge is 2.24. The standard InChI is InChI=1S/C17H13Br2NO3/c1-9(2)10-3-5-11(6-4-10)16-20-14(17(21)23-16)8-12-7-13(18)15(19)22-12/h3-9H,1-2H3/b14-8-. The molecule has 0 saturated carbocycles. The van der Waals surface area contributed by atoms with Gasteiger partial charge in [0.25, 0.3) is 0 Å². The number of hydrogen-bond acceptors (Lipinski definition) is 4. The van der Waals surface area contributed by atoms with Gasteiger partial charge in [-0.05, 0) is 61.5 Å². The minimum Gasteiger partial charge on any atom is -0.449 e. The van der Waals surface area contributed by atoms with E-state index in [0.717, 1.165) is 10.0 Å². The topological polar surface area (TPSA) is 51.8 Å². The number of carbonyl (C=O) groups is 1. The lowest BCUT2D eigenvalue weighted by Crippen LogP contribution is -2.05. The summed E-state index contributed by atoms with van der Waals surface area (Å²) in [6, 6.07) is 9.59. The van der Waals surface area contributed by atoms with Crippen LogP contribution in [0.4, 0.5) is 0 Å². The second-order valence-corrected chi connectivity index (χ2v) is 6.96. The van der Waals surface area contributed by atoms with Crippen LogP contribution in [-0.2, 0) is 9.53 Å². The molecule has 1 aliphatic rings. The van der Waals surface area contributed by atoms with Crippen molar-refractivity contribution < 1.29 is 13.9 Å². The van der Waals surface area contributed by atoms with Crippen LogP contribution in [0.1, 0.15) is 36.7 Å². The molecule has 0 saturated heterocycles. The van der Waals surface area contributed by atoms with E-state index in [4.69, 9.17) is 9.15 Å². The Morgan fingerprint density at radius 2 is 1.87 bits per heavy atom. The van der Waals surface area contributed by atoms with Crippen LogP contribution in [-0.4, -0.2) is 11.9 Å². The number of ether oxygens (including phenoxy) is 1. The van der Waals surface area contributed by atoms with Crippen LogP contribution < -0.4 is 0 Å². The fourth-order valence-corrected chi connectivity index (χ4v) is 2.72. The zero-order valence-corrected chi connectivity index (χ0v) is 15.6. The monoisotopic (exact) mass is 437 g/mol. The van der Waals surface area contributed by atoms with E-state index >= 15 is 0 Å². The van der Waals surface area contributed by atoms with Gasteiger partial charge >= 0.3 is 5.97 Å². The van der Waals surface area contributed by atoms with Crippen molar-refractivity contribution in [2.24, 2.45) is 4.99 Å². The normalized spacial score (nSPS) is 16.1. The molecule has 1 aliphatic heterocycles. The van der Waals surface area contributed by atoms with E-state index in [2.05, 4.69) is 50.7 Å². The Kier molecular flexibility index (Phi) is 4.55. The van der Waals surface area contributed by atoms with E-state index in [-0.39, 0.29) is 5.70 Å². The number of nitrogens with zero attached hydrogens (tertiary/aromatic N) is 1. The lowest BCUT2D eigenvalue weighted by Gasteiger charge is -2.05. The Balaban J connectivity index is 1.88. The molecule has 0 aliphatic carbocycles. The highest BCUT2D eigenvalue weighted by Crippen LogP contribution is 2.29. The summed E-state index contributed by atoms with van der Waals surface area (Å²) in [5.74, 6) is 0.775. The predicted octanol–water partition coefficient (Wildman–Crippen LogP) is 5.27. The lowest BCUT2D eigenvalue weighted by atomic mass is 10.0. The summed E-state index contributed by atoms with van der Waals surface area (Å²) in [7, 11) is 0. The summed E-state index contributed by atoms with van der Waals surface area (Å²) in [5.41, 5.74) is 2.20. The van der Waals surface area contributed by atoms with Crippen molar-refractivity contribution in [2.45, 2.75) is 19.8 Å². The Bertz CT molecular complexity index is 797. The fraction of sp³-hybridized carbons (Fsp3) is 0.176. The van der Waals surface area contributed by atoms with Gasteiger partial charge in [-0.3, -0.25) is 0 Å². The molecule has 2 heterocycles. The first-order valence-corrected chi connectivity index (χ1v) is 8.60. The molecular formula is C17H13Br2NO3. The molecule has 0 fully saturated rings. The van der Waals surface area contributed by atoms with Crippen LogP contribution in [0.2, 0.25) is 0 Å². The van der Waals surface area contributed by atoms with Crippen molar-refractivity contribution >= 4 is 49.8 Å². The average molecular weight is 439 g/mol. The Hall–Kier alpha value is -1.66. The lowest BCUT2D eigenvalue weighted by molar-refractivity contribution is -0.129. The molecule has 4 nitrogen and oxygen atoms in total. The van der Waals surface area contributed by atoms with E-state index in [1.165, 1.54) is 5.56 Å². The predicted molar refractivity (Wildman–Crippen MR) is 95.2 cm³/mol. The summed E-state index contributed by atoms with van der Waals surface area (Å²) >= 11 is 6.58. The summed E-state index contributed by atoms with van der Waals surface area (Å²) in [5, 5.41) is 0. The van der Waals surface area contributed by atoms with E-state index in [1.807, 2.05) is 24.3 Å².